The highest BCUT2D eigenvalue weighted by Gasteiger charge is 2.46. The number of benzene rings is 2. The summed E-state index contributed by atoms with van der Waals surface area (Å²) in [5.41, 5.74) is 0.870. The summed E-state index contributed by atoms with van der Waals surface area (Å²) >= 11 is 0. The Labute approximate surface area is 196 Å². The minimum Gasteiger partial charge on any atom is -0.508 e. The number of rotatable bonds is 5. The molecule has 0 aromatic heterocycles. The van der Waals surface area contributed by atoms with Crippen molar-refractivity contribution in [2.45, 2.75) is 6.04 Å². The van der Waals surface area contributed by atoms with Gasteiger partial charge in [-0.1, -0.05) is 12.1 Å². The number of morpholine rings is 1. The number of aliphatic hydroxyl groups is 1. The molecule has 9 nitrogen and oxygen atoms in total. The van der Waals surface area contributed by atoms with Gasteiger partial charge in [-0.25, -0.2) is 0 Å². The fourth-order valence-corrected chi connectivity index (χ4v) is 4.57. The molecule has 2 saturated heterocycles. The summed E-state index contributed by atoms with van der Waals surface area (Å²) in [5, 5.41) is 21.3. The van der Waals surface area contributed by atoms with Crippen LogP contribution in [0.25, 0.3) is 5.76 Å². The monoisotopic (exact) mass is 466 g/mol. The van der Waals surface area contributed by atoms with Crippen LogP contribution in [0.15, 0.2) is 48.0 Å². The SMILES string of the molecule is O=C1C(=O)N(CCN2CCOCC2)[C@H](c2cccc(O)c2)C1=C(O)c1ccc2c(c1)OCCO2. The van der Waals surface area contributed by atoms with E-state index in [2.05, 4.69) is 4.90 Å². The number of fused-ring (bicyclic) bond motifs is 1. The fourth-order valence-electron chi connectivity index (χ4n) is 4.57. The summed E-state index contributed by atoms with van der Waals surface area (Å²) in [4.78, 5) is 29.9. The highest BCUT2D eigenvalue weighted by atomic mass is 16.6. The summed E-state index contributed by atoms with van der Waals surface area (Å²) < 4.78 is 16.5. The van der Waals surface area contributed by atoms with Gasteiger partial charge in [-0.3, -0.25) is 14.5 Å². The van der Waals surface area contributed by atoms with E-state index < -0.39 is 17.7 Å². The minimum atomic E-state index is -0.832. The Morgan fingerprint density at radius 1 is 0.941 bits per heavy atom. The molecule has 3 aliphatic heterocycles. The lowest BCUT2D eigenvalue weighted by Crippen LogP contribution is -2.42. The quantitative estimate of drug-likeness (QED) is 0.391. The zero-order valence-corrected chi connectivity index (χ0v) is 18.6. The number of carbonyl (C=O) groups is 2. The maximum atomic E-state index is 13.2. The van der Waals surface area contributed by atoms with Crippen LogP contribution in [-0.2, 0) is 14.3 Å². The fraction of sp³-hybridized carbons (Fsp3) is 0.360. The average molecular weight is 466 g/mol. The van der Waals surface area contributed by atoms with Crippen LogP contribution in [0.1, 0.15) is 17.2 Å². The van der Waals surface area contributed by atoms with Crippen molar-refractivity contribution in [3.8, 4) is 17.2 Å². The van der Waals surface area contributed by atoms with E-state index in [1.54, 1.807) is 30.3 Å². The molecule has 0 aliphatic carbocycles. The van der Waals surface area contributed by atoms with Crippen LogP contribution in [0, 0.1) is 0 Å². The largest absolute Gasteiger partial charge is 0.508 e. The molecule has 3 aliphatic rings. The molecule has 0 bridgehead atoms. The number of aromatic hydroxyl groups is 1. The smallest absolute Gasteiger partial charge is 0.295 e. The number of ether oxygens (including phenoxy) is 3. The van der Waals surface area contributed by atoms with Crippen LogP contribution in [0.3, 0.4) is 0 Å². The van der Waals surface area contributed by atoms with E-state index in [-0.39, 0.29) is 17.1 Å². The number of ketones is 1. The molecule has 5 rings (SSSR count). The Hall–Kier alpha value is -3.56. The maximum Gasteiger partial charge on any atom is 0.295 e. The molecule has 3 heterocycles. The molecule has 0 radical (unpaired) electrons. The molecule has 1 atom stereocenters. The minimum absolute atomic E-state index is 0.00981. The zero-order valence-electron chi connectivity index (χ0n) is 18.6. The lowest BCUT2D eigenvalue weighted by molar-refractivity contribution is -0.140. The zero-order chi connectivity index (χ0) is 23.7. The van der Waals surface area contributed by atoms with E-state index in [0.29, 0.717) is 62.1 Å². The number of amides is 1. The summed E-state index contributed by atoms with van der Waals surface area (Å²) in [6, 6.07) is 10.5. The summed E-state index contributed by atoms with van der Waals surface area (Å²) in [7, 11) is 0. The molecular weight excluding hydrogens is 440 g/mol. The number of phenolic OH excluding ortho intramolecular Hbond substituents is 1. The third-order valence-corrected chi connectivity index (χ3v) is 6.30. The van der Waals surface area contributed by atoms with E-state index in [0.717, 1.165) is 13.1 Å². The van der Waals surface area contributed by atoms with E-state index in [1.165, 1.54) is 17.0 Å². The number of aliphatic hydroxyl groups excluding tert-OH is 1. The van der Waals surface area contributed by atoms with Crippen molar-refractivity contribution in [2.24, 2.45) is 0 Å². The lowest BCUT2D eigenvalue weighted by atomic mass is 9.95. The van der Waals surface area contributed by atoms with Crippen molar-refractivity contribution in [1.82, 2.24) is 9.80 Å². The Morgan fingerprint density at radius 3 is 2.47 bits per heavy atom. The Morgan fingerprint density at radius 2 is 1.71 bits per heavy atom. The van der Waals surface area contributed by atoms with Crippen molar-refractivity contribution in [3.05, 3.63) is 59.2 Å². The molecule has 2 fully saturated rings. The first-order valence-electron chi connectivity index (χ1n) is 11.3. The number of phenols is 1. The van der Waals surface area contributed by atoms with Gasteiger partial charge in [0.15, 0.2) is 11.5 Å². The van der Waals surface area contributed by atoms with Gasteiger partial charge in [-0.2, -0.15) is 0 Å². The van der Waals surface area contributed by atoms with E-state index >= 15 is 0 Å². The first kappa shape index (κ1) is 22.2. The molecule has 1 amide bonds. The van der Waals surface area contributed by atoms with Crippen LogP contribution < -0.4 is 9.47 Å². The van der Waals surface area contributed by atoms with Crippen LogP contribution in [-0.4, -0.2) is 84.3 Å². The number of carbonyl (C=O) groups excluding carboxylic acids is 2. The molecule has 0 unspecified atom stereocenters. The molecular formula is C25H26N2O7. The van der Waals surface area contributed by atoms with Gasteiger partial charge in [0.2, 0.25) is 0 Å². The third kappa shape index (κ3) is 4.20. The predicted molar refractivity (Wildman–Crippen MR) is 122 cm³/mol. The Balaban J connectivity index is 1.54. The Kier molecular flexibility index (Phi) is 6.12. The first-order valence-corrected chi connectivity index (χ1v) is 11.3. The molecule has 178 valence electrons. The van der Waals surface area contributed by atoms with Crippen molar-refractivity contribution >= 4 is 17.4 Å². The normalized spacial score (nSPS) is 22.2. The number of hydrogen-bond acceptors (Lipinski definition) is 8. The molecule has 2 N–H and O–H groups in total. The van der Waals surface area contributed by atoms with Crippen molar-refractivity contribution in [2.75, 3.05) is 52.6 Å². The van der Waals surface area contributed by atoms with Gasteiger partial charge in [-0.15, -0.1) is 0 Å². The number of Topliss-reactive ketones (excluding diaryl/α,β-unsaturated/α-hetero) is 1. The van der Waals surface area contributed by atoms with Crippen molar-refractivity contribution in [1.29, 1.82) is 0 Å². The standard InChI is InChI=1S/C25H26N2O7/c28-18-3-1-2-16(14-18)22-21(23(29)17-4-5-19-20(15-17)34-13-12-33-19)24(30)25(31)27(22)7-6-26-8-10-32-11-9-26/h1-5,14-15,22,28-29H,6-13H2/t22-/m1/s1. The third-order valence-electron chi connectivity index (χ3n) is 6.30. The topological polar surface area (TPSA) is 109 Å². The molecule has 0 spiro atoms. The number of likely N-dealkylation sites (tertiary alicyclic amines) is 1. The predicted octanol–water partition coefficient (Wildman–Crippen LogP) is 1.92. The van der Waals surface area contributed by atoms with Crippen LogP contribution >= 0.6 is 0 Å². The first-order chi connectivity index (χ1) is 16.5. The van der Waals surface area contributed by atoms with Gasteiger partial charge in [0.05, 0.1) is 24.8 Å². The van der Waals surface area contributed by atoms with Crippen LogP contribution in [0.5, 0.6) is 17.2 Å². The average Bonchev–Trinajstić information content (AvgIpc) is 3.12. The highest BCUT2D eigenvalue weighted by molar-refractivity contribution is 6.46. The molecule has 0 saturated carbocycles. The Bertz CT molecular complexity index is 1140. The molecule has 34 heavy (non-hydrogen) atoms. The number of hydrogen-bond donors (Lipinski definition) is 2. The second-order valence-electron chi connectivity index (χ2n) is 8.40. The lowest BCUT2D eigenvalue weighted by Gasteiger charge is -2.31. The molecule has 2 aromatic rings. The molecule has 2 aromatic carbocycles. The van der Waals surface area contributed by atoms with Crippen molar-refractivity contribution in [3.63, 3.8) is 0 Å². The maximum absolute atomic E-state index is 13.2. The summed E-state index contributed by atoms with van der Waals surface area (Å²) in [6.45, 7) is 4.42. The van der Waals surface area contributed by atoms with Crippen LogP contribution in [0.4, 0.5) is 0 Å². The van der Waals surface area contributed by atoms with Gasteiger partial charge in [-0.05, 0) is 35.9 Å². The second kappa shape index (κ2) is 9.36. The highest BCUT2D eigenvalue weighted by Crippen LogP contribution is 2.41. The van der Waals surface area contributed by atoms with E-state index in [9.17, 15) is 19.8 Å². The van der Waals surface area contributed by atoms with Crippen LogP contribution in [0.2, 0.25) is 0 Å². The van der Waals surface area contributed by atoms with Crippen molar-refractivity contribution < 1.29 is 34.0 Å². The number of nitrogens with zero attached hydrogens (tertiary/aromatic N) is 2. The van der Waals surface area contributed by atoms with E-state index in [4.69, 9.17) is 14.2 Å². The molecule has 9 heteroatoms. The van der Waals surface area contributed by atoms with Gasteiger partial charge < -0.3 is 29.3 Å². The van der Waals surface area contributed by atoms with Gasteiger partial charge >= 0.3 is 0 Å². The van der Waals surface area contributed by atoms with Gasteiger partial charge in [0.1, 0.15) is 24.7 Å². The summed E-state index contributed by atoms with van der Waals surface area (Å²) in [5.74, 6) is -0.708. The van der Waals surface area contributed by atoms with E-state index in [1.807, 2.05) is 0 Å². The van der Waals surface area contributed by atoms with Gasteiger partial charge in [0, 0.05) is 31.7 Å². The summed E-state index contributed by atoms with van der Waals surface area (Å²) in [6.07, 6.45) is 0. The van der Waals surface area contributed by atoms with Gasteiger partial charge in [0.25, 0.3) is 11.7 Å². The second-order valence-corrected chi connectivity index (χ2v) is 8.40.